The van der Waals surface area contributed by atoms with E-state index in [1.165, 1.54) is 0 Å². The number of alkyl halides is 4. The Morgan fingerprint density at radius 3 is 2.52 bits per heavy atom. The molecule has 5 nitrogen and oxygen atoms in total. The van der Waals surface area contributed by atoms with Crippen LogP contribution in [0.4, 0.5) is 17.6 Å². The summed E-state index contributed by atoms with van der Waals surface area (Å²) in [5, 5.41) is 5.88. The summed E-state index contributed by atoms with van der Waals surface area (Å²) in [5.74, 6) is -0.542. The van der Waals surface area contributed by atoms with E-state index >= 15 is 0 Å². The largest absolute Gasteiger partial charge is 0.354 e. The summed E-state index contributed by atoms with van der Waals surface area (Å²) >= 11 is 0. The second-order valence-corrected chi connectivity index (χ2v) is 4.76. The van der Waals surface area contributed by atoms with Gasteiger partial charge in [-0.1, -0.05) is 0 Å². The molecule has 0 saturated carbocycles. The predicted molar refractivity (Wildman–Crippen MR) is 68.3 cm³/mol. The zero-order valence-corrected chi connectivity index (χ0v) is 11.8. The zero-order chi connectivity index (χ0) is 16.0. The van der Waals surface area contributed by atoms with Crippen LogP contribution < -0.4 is 5.32 Å². The van der Waals surface area contributed by atoms with Gasteiger partial charge in [-0.05, 0) is 33.1 Å². The molecule has 1 aromatic heterocycles. The second kappa shape index (κ2) is 7.96. The minimum atomic E-state index is -2.97. The second-order valence-electron chi connectivity index (χ2n) is 4.76. The van der Waals surface area contributed by atoms with Crippen molar-refractivity contribution in [2.45, 2.75) is 25.8 Å². The number of hydrogen-bond donors (Lipinski definition) is 1. The molecule has 0 aliphatic heterocycles. The van der Waals surface area contributed by atoms with Crippen molar-refractivity contribution < 1.29 is 22.4 Å². The molecule has 0 unspecified atom stereocenters. The van der Waals surface area contributed by atoms with Gasteiger partial charge in [0.1, 0.15) is 17.9 Å². The third-order valence-electron chi connectivity index (χ3n) is 2.67. The SMILES string of the molecule is CN(C)CCCNC(=O)Cn1nc(C(F)F)cc1C(F)F. The minimum Gasteiger partial charge on any atom is -0.354 e. The number of carbonyl (C=O) groups excluding carboxylic acids is 1. The molecule has 0 atom stereocenters. The zero-order valence-electron chi connectivity index (χ0n) is 11.8. The highest BCUT2D eigenvalue weighted by Gasteiger charge is 2.22. The Morgan fingerprint density at radius 2 is 2.00 bits per heavy atom. The number of rotatable bonds is 8. The van der Waals surface area contributed by atoms with E-state index in [1.807, 2.05) is 19.0 Å². The van der Waals surface area contributed by atoms with Crippen molar-refractivity contribution >= 4 is 5.91 Å². The van der Waals surface area contributed by atoms with Gasteiger partial charge in [0.15, 0.2) is 0 Å². The molecule has 1 heterocycles. The van der Waals surface area contributed by atoms with Crippen molar-refractivity contribution in [2.24, 2.45) is 0 Å². The Hall–Kier alpha value is -1.64. The van der Waals surface area contributed by atoms with Crippen LogP contribution in [-0.4, -0.2) is 47.8 Å². The first-order valence-electron chi connectivity index (χ1n) is 6.36. The molecular formula is C12H18F4N4O. The van der Waals surface area contributed by atoms with Crippen LogP contribution in [0.15, 0.2) is 6.07 Å². The van der Waals surface area contributed by atoms with Crippen LogP contribution in [0.5, 0.6) is 0 Å². The molecule has 0 spiro atoms. The summed E-state index contributed by atoms with van der Waals surface area (Å²) < 4.78 is 51.0. The van der Waals surface area contributed by atoms with E-state index in [2.05, 4.69) is 10.4 Å². The van der Waals surface area contributed by atoms with Gasteiger partial charge < -0.3 is 10.2 Å². The predicted octanol–water partition coefficient (Wildman–Crippen LogP) is 1.83. The average molecular weight is 310 g/mol. The summed E-state index contributed by atoms with van der Waals surface area (Å²) in [5.41, 5.74) is -1.44. The van der Waals surface area contributed by atoms with Crippen molar-refractivity contribution in [1.29, 1.82) is 0 Å². The first-order valence-corrected chi connectivity index (χ1v) is 6.36. The fraction of sp³-hybridized carbons (Fsp3) is 0.667. The van der Waals surface area contributed by atoms with E-state index < -0.39 is 36.7 Å². The molecule has 1 aromatic rings. The molecule has 1 N–H and O–H groups in total. The van der Waals surface area contributed by atoms with Crippen LogP contribution in [0.1, 0.15) is 30.7 Å². The van der Waals surface area contributed by atoms with Gasteiger partial charge in [-0.15, -0.1) is 0 Å². The molecule has 0 fully saturated rings. The molecule has 0 aliphatic rings. The number of hydrogen-bond acceptors (Lipinski definition) is 3. The highest BCUT2D eigenvalue weighted by molar-refractivity contribution is 5.75. The Bertz CT molecular complexity index is 462. The van der Waals surface area contributed by atoms with Gasteiger partial charge in [0.25, 0.3) is 12.9 Å². The number of carbonyl (C=O) groups is 1. The molecule has 21 heavy (non-hydrogen) atoms. The molecule has 0 aliphatic carbocycles. The lowest BCUT2D eigenvalue weighted by Crippen LogP contribution is -2.31. The minimum absolute atomic E-state index is 0.379. The molecule has 0 radical (unpaired) electrons. The monoisotopic (exact) mass is 310 g/mol. The maximum absolute atomic E-state index is 12.7. The third-order valence-corrected chi connectivity index (χ3v) is 2.67. The number of aromatic nitrogens is 2. The van der Waals surface area contributed by atoms with E-state index in [4.69, 9.17) is 0 Å². The maximum Gasteiger partial charge on any atom is 0.282 e. The van der Waals surface area contributed by atoms with Gasteiger partial charge >= 0.3 is 0 Å². The summed E-state index contributed by atoms with van der Waals surface area (Å²) in [6, 6.07) is 0.620. The Kier molecular flexibility index (Phi) is 6.60. The van der Waals surface area contributed by atoms with Gasteiger partial charge in [0.05, 0.1) is 0 Å². The molecular weight excluding hydrogens is 292 g/mol. The normalized spacial score (nSPS) is 11.7. The Balaban J connectivity index is 2.58. The fourth-order valence-corrected chi connectivity index (χ4v) is 1.68. The summed E-state index contributed by atoms with van der Waals surface area (Å²) in [6.07, 6.45) is -5.22. The van der Waals surface area contributed by atoms with Crippen LogP contribution >= 0.6 is 0 Å². The van der Waals surface area contributed by atoms with Gasteiger partial charge in [0, 0.05) is 6.54 Å². The topological polar surface area (TPSA) is 50.2 Å². The van der Waals surface area contributed by atoms with Crippen molar-refractivity contribution in [3.8, 4) is 0 Å². The molecule has 120 valence electrons. The van der Waals surface area contributed by atoms with Crippen LogP contribution in [-0.2, 0) is 11.3 Å². The van der Waals surface area contributed by atoms with E-state index in [9.17, 15) is 22.4 Å². The highest BCUT2D eigenvalue weighted by atomic mass is 19.3. The highest BCUT2D eigenvalue weighted by Crippen LogP contribution is 2.24. The van der Waals surface area contributed by atoms with Crippen molar-refractivity contribution in [3.05, 3.63) is 17.5 Å². The summed E-state index contributed by atoms with van der Waals surface area (Å²) in [6.45, 7) is 0.637. The maximum atomic E-state index is 12.7. The third kappa shape index (κ3) is 5.70. The Labute approximate surface area is 119 Å². The van der Waals surface area contributed by atoms with E-state index in [-0.39, 0.29) is 0 Å². The van der Waals surface area contributed by atoms with Crippen molar-refractivity contribution in [3.63, 3.8) is 0 Å². The molecule has 0 saturated heterocycles. The van der Waals surface area contributed by atoms with E-state index in [1.54, 1.807) is 0 Å². The summed E-state index contributed by atoms with van der Waals surface area (Å²) in [7, 11) is 3.76. The molecule has 1 amide bonds. The smallest absolute Gasteiger partial charge is 0.282 e. The Morgan fingerprint density at radius 1 is 1.33 bits per heavy atom. The van der Waals surface area contributed by atoms with Gasteiger partial charge in [-0.25, -0.2) is 17.6 Å². The number of nitrogens with zero attached hydrogens (tertiary/aromatic N) is 3. The lowest BCUT2D eigenvalue weighted by atomic mass is 10.3. The van der Waals surface area contributed by atoms with Crippen LogP contribution in [0.2, 0.25) is 0 Å². The standard InChI is InChI=1S/C12H18F4N4O/c1-19(2)5-3-4-17-10(21)7-20-9(12(15)16)6-8(18-20)11(13)14/h6,11-12H,3-5,7H2,1-2H3,(H,17,21). The van der Waals surface area contributed by atoms with Gasteiger partial charge in [0.2, 0.25) is 5.91 Å². The number of halogens is 4. The molecule has 9 heteroatoms. The van der Waals surface area contributed by atoms with Crippen molar-refractivity contribution in [1.82, 2.24) is 20.0 Å². The van der Waals surface area contributed by atoms with Crippen molar-refractivity contribution in [2.75, 3.05) is 27.2 Å². The first kappa shape index (κ1) is 17.4. The number of nitrogens with one attached hydrogen (secondary N) is 1. The van der Waals surface area contributed by atoms with E-state index in [0.29, 0.717) is 23.7 Å². The number of amides is 1. The molecule has 1 rings (SSSR count). The van der Waals surface area contributed by atoms with Crippen LogP contribution in [0, 0.1) is 0 Å². The molecule has 0 bridgehead atoms. The van der Waals surface area contributed by atoms with Crippen LogP contribution in [0.3, 0.4) is 0 Å². The average Bonchev–Trinajstić information content (AvgIpc) is 2.78. The van der Waals surface area contributed by atoms with Crippen LogP contribution in [0.25, 0.3) is 0 Å². The van der Waals surface area contributed by atoms with E-state index in [0.717, 1.165) is 6.54 Å². The summed E-state index contributed by atoms with van der Waals surface area (Å²) in [4.78, 5) is 13.5. The fourth-order valence-electron chi connectivity index (χ4n) is 1.68. The van der Waals surface area contributed by atoms with Gasteiger partial charge in [-0.2, -0.15) is 5.10 Å². The first-order chi connectivity index (χ1) is 9.81. The molecule has 0 aromatic carbocycles. The lowest BCUT2D eigenvalue weighted by Gasteiger charge is -2.10. The quantitative estimate of drug-likeness (QED) is 0.589. The van der Waals surface area contributed by atoms with Gasteiger partial charge in [-0.3, -0.25) is 9.48 Å². The lowest BCUT2D eigenvalue weighted by molar-refractivity contribution is -0.121.